The van der Waals surface area contributed by atoms with E-state index in [9.17, 15) is 4.79 Å². The molecule has 1 unspecified atom stereocenters. The van der Waals surface area contributed by atoms with Gasteiger partial charge in [-0.05, 0) is 37.1 Å². The molecule has 1 atom stereocenters. The zero-order valence-electron chi connectivity index (χ0n) is 10.0. The van der Waals surface area contributed by atoms with Crippen LogP contribution in [0.5, 0.6) is 0 Å². The lowest BCUT2D eigenvalue weighted by Gasteiger charge is -2.13. The summed E-state index contributed by atoms with van der Waals surface area (Å²) < 4.78 is 0. The van der Waals surface area contributed by atoms with E-state index in [-0.39, 0.29) is 11.8 Å². The van der Waals surface area contributed by atoms with Gasteiger partial charge in [-0.2, -0.15) is 0 Å². The number of hydrogen-bond donors (Lipinski definition) is 1. The number of halogens is 1. The van der Waals surface area contributed by atoms with Gasteiger partial charge in [0, 0.05) is 16.6 Å². The first-order valence-corrected chi connectivity index (χ1v) is 5.99. The van der Waals surface area contributed by atoms with E-state index in [1.165, 1.54) is 0 Å². The van der Waals surface area contributed by atoms with Crippen LogP contribution in [0, 0.1) is 12.8 Å². The Hall–Kier alpha value is -1.02. The third-order valence-electron chi connectivity index (χ3n) is 2.62. The minimum atomic E-state index is 0.0556. The van der Waals surface area contributed by atoms with Gasteiger partial charge in [-0.3, -0.25) is 4.79 Å². The average molecular weight is 240 g/mol. The molecule has 0 aliphatic carbocycles. The van der Waals surface area contributed by atoms with Crippen molar-refractivity contribution in [1.29, 1.82) is 0 Å². The smallest absolute Gasteiger partial charge is 0.227 e. The van der Waals surface area contributed by atoms with E-state index in [1.54, 1.807) is 6.07 Å². The molecular formula is C13H18ClNO. The molecule has 1 aromatic rings. The Kier molecular flexibility index (Phi) is 4.81. The van der Waals surface area contributed by atoms with Gasteiger partial charge < -0.3 is 5.32 Å². The fraction of sp³-hybridized carbons (Fsp3) is 0.462. The second-order valence-corrected chi connectivity index (χ2v) is 4.57. The minimum Gasteiger partial charge on any atom is -0.326 e. The van der Waals surface area contributed by atoms with Crippen molar-refractivity contribution in [3.05, 3.63) is 28.8 Å². The molecule has 88 valence electrons. The minimum absolute atomic E-state index is 0.0556. The molecule has 1 rings (SSSR count). The lowest BCUT2D eigenvalue weighted by Crippen LogP contribution is -2.20. The fourth-order valence-electron chi connectivity index (χ4n) is 1.59. The summed E-state index contributed by atoms with van der Waals surface area (Å²) in [5.74, 6) is 0.132. The van der Waals surface area contributed by atoms with Gasteiger partial charge in [0.15, 0.2) is 0 Å². The van der Waals surface area contributed by atoms with E-state index < -0.39 is 0 Å². The maximum Gasteiger partial charge on any atom is 0.227 e. The van der Waals surface area contributed by atoms with Gasteiger partial charge in [-0.1, -0.05) is 31.9 Å². The van der Waals surface area contributed by atoms with Crippen molar-refractivity contribution in [2.24, 2.45) is 5.92 Å². The van der Waals surface area contributed by atoms with Crippen LogP contribution in [0.4, 0.5) is 5.69 Å². The van der Waals surface area contributed by atoms with Crippen LogP contribution < -0.4 is 5.32 Å². The molecule has 0 aromatic heterocycles. The molecule has 0 radical (unpaired) electrons. The molecule has 0 saturated heterocycles. The lowest BCUT2D eigenvalue weighted by atomic mass is 10.1. The summed E-state index contributed by atoms with van der Waals surface area (Å²) in [7, 11) is 0. The van der Waals surface area contributed by atoms with Gasteiger partial charge in [0.2, 0.25) is 5.91 Å². The molecule has 0 saturated carbocycles. The van der Waals surface area contributed by atoms with Crippen molar-refractivity contribution >= 4 is 23.2 Å². The van der Waals surface area contributed by atoms with Crippen molar-refractivity contribution in [3.63, 3.8) is 0 Å². The zero-order valence-corrected chi connectivity index (χ0v) is 10.8. The molecule has 0 heterocycles. The molecule has 0 spiro atoms. The SMILES string of the molecule is CCCC(C)C(=O)Nc1ccc(Cl)cc1C. The van der Waals surface area contributed by atoms with Gasteiger partial charge in [0.05, 0.1) is 0 Å². The number of hydrogen-bond acceptors (Lipinski definition) is 1. The van der Waals surface area contributed by atoms with Crippen molar-refractivity contribution in [1.82, 2.24) is 0 Å². The highest BCUT2D eigenvalue weighted by Crippen LogP contribution is 2.20. The number of carbonyl (C=O) groups excluding carboxylic acids is 1. The third-order valence-corrected chi connectivity index (χ3v) is 2.85. The standard InChI is InChI=1S/C13H18ClNO/c1-4-5-9(2)13(16)15-12-7-6-11(14)8-10(12)3/h6-9H,4-5H2,1-3H3,(H,15,16). The van der Waals surface area contributed by atoms with Crippen molar-refractivity contribution in [2.45, 2.75) is 33.6 Å². The van der Waals surface area contributed by atoms with Crippen LogP contribution in [-0.4, -0.2) is 5.91 Å². The lowest BCUT2D eigenvalue weighted by molar-refractivity contribution is -0.119. The van der Waals surface area contributed by atoms with Gasteiger partial charge in [0.25, 0.3) is 0 Å². The Balaban J connectivity index is 2.69. The number of amides is 1. The molecule has 16 heavy (non-hydrogen) atoms. The molecule has 1 N–H and O–H groups in total. The van der Waals surface area contributed by atoms with Crippen LogP contribution in [0.15, 0.2) is 18.2 Å². The molecular weight excluding hydrogens is 222 g/mol. The van der Waals surface area contributed by atoms with E-state index in [0.717, 1.165) is 24.1 Å². The molecule has 2 nitrogen and oxygen atoms in total. The first-order chi connectivity index (χ1) is 7.54. The molecule has 0 aliphatic rings. The molecule has 1 amide bonds. The topological polar surface area (TPSA) is 29.1 Å². The van der Waals surface area contributed by atoms with Gasteiger partial charge >= 0.3 is 0 Å². The van der Waals surface area contributed by atoms with E-state index in [4.69, 9.17) is 11.6 Å². The molecule has 0 aliphatic heterocycles. The average Bonchev–Trinajstić information content (AvgIpc) is 2.22. The second kappa shape index (κ2) is 5.90. The second-order valence-electron chi connectivity index (χ2n) is 4.14. The van der Waals surface area contributed by atoms with Crippen LogP contribution in [-0.2, 0) is 4.79 Å². The van der Waals surface area contributed by atoms with Gasteiger partial charge in [0.1, 0.15) is 0 Å². The Morgan fingerprint density at radius 2 is 2.19 bits per heavy atom. The third kappa shape index (κ3) is 3.53. The van der Waals surface area contributed by atoms with Crippen molar-refractivity contribution in [2.75, 3.05) is 5.32 Å². The number of nitrogens with one attached hydrogen (secondary N) is 1. The van der Waals surface area contributed by atoms with Gasteiger partial charge in [-0.25, -0.2) is 0 Å². The highest BCUT2D eigenvalue weighted by Gasteiger charge is 2.12. The Morgan fingerprint density at radius 1 is 1.50 bits per heavy atom. The molecule has 3 heteroatoms. The van der Waals surface area contributed by atoms with E-state index in [1.807, 2.05) is 26.0 Å². The van der Waals surface area contributed by atoms with Crippen LogP contribution >= 0.6 is 11.6 Å². The molecule has 0 fully saturated rings. The van der Waals surface area contributed by atoms with Gasteiger partial charge in [-0.15, -0.1) is 0 Å². The Labute approximate surface area is 102 Å². The highest BCUT2D eigenvalue weighted by atomic mass is 35.5. The van der Waals surface area contributed by atoms with Crippen LogP contribution in [0.25, 0.3) is 0 Å². The summed E-state index contributed by atoms with van der Waals surface area (Å²) in [6.45, 7) is 5.97. The Bertz CT molecular complexity index is 376. The summed E-state index contributed by atoms with van der Waals surface area (Å²) in [6.07, 6.45) is 1.94. The quantitative estimate of drug-likeness (QED) is 0.845. The van der Waals surface area contributed by atoms with Crippen LogP contribution in [0.3, 0.4) is 0 Å². The predicted octanol–water partition coefficient (Wildman–Crippen LogP) is 4.02. The van der Waals surface area contributed by atoms with E-state index in [2.05, 4.69) is 12.2 Å². The van der Waals surface area contributed by atoms with E-state index >= 15 is 0 Å². The summed E-state index contributed by atoms with van der Waals surface area (Å²) >= 11 is 5.85. The largest absolute Gasteiger partial charge is 0.326 e. The summed E-state index contributed by atoms with van der Waals surface area (Å²) in [5.41, 5.74) is 1.84. The number of benzene rings is 1. The summed E-state index contributed by atoms with van der Waals surface area (Å²) in [5, 5.41) is 3.62. The first kappa shape index (κ1) is 13.0. The van der Waals surface area contributed by atoms with Crippen molar-refractivity contribution < 1.29 is 4.79 Å². The van der Waals surface area contributed by atoms with Crippen LogP contribution in [0.1, 0.15) is 32.3 Å². The number of aryl methyl sites for hydroxylation is 1. The fourth-order valence-corrected chi connectivity index (χ4v) is 1.81. The number of carbonyl (C=O) groups is 1. The zero-order chi connectivity index (χ0) is 12.1. The maximum atomic E-state index is 11.8. The normalized spacial score (nSPS) is 12.2. The Morgan fingerprint density at radius 3 is 2.75 bits per heavy atom. The predicted molar refractivity (Wildman–Crippen MR) is 68.9 cm³/mol. The number of anilines is 1. The summed E-state index contributed by atoms with van der Waals surface area (Å²) in [6, 6.07) is 5.48. The maximum absolute atomic E-state index is 11.8. The molecule has 0 bridgehead atoms. The highest BCUT2D eigenvalue weighted by molar-refractivity contribution is 6.30. The summed E-state index contributed by atoms with van der Waals surface area (Å²) in [4.78, 5) is 11.8. The van der Waals surface area contributed by atoms with Crippen LogP contribution in [0.2, 0.25) is 5.02 Å². The van der Waals surface area contributed by atoms with Crippen molar-refractivity contribution in [3.8, 4) is 0 Å². The number of rotatable bonds is 4. The monoisotopic (exact) mass is 239 g/mol. The first-order valence-electron chi connectivity index (χ1n) is 5.61. The molecule has 1 aromatic carbocycles. The van der Waals surface area contributed by atoms with E-state index in [0.29, 0.717) is 5.02 Å².